The van der Waals surface area contributed by atoms with Gasteiger partial charge in [-0.05, 0) is 18.2 Å². The summed E-state index contributed by atoms with van der Waals surface area (Å²) in [6, 6.07) is 3.52. The van der Waals surface area contributed by atoms with Crippen molar-refractivity contribution in [3.05, 3.63) is 29.6 Å². The van der Waals surface area contributed by atoms with Crippen LogP contribution in [0.4, 0.5) is 0 Å². The molecule has 0 fully saturated rings. The quantitative estimate of drug-likeness (QED) is 0.654. The molecule has 0 aliphatic carbocycles. The Bertz CT molecular complexity index is 317. The number of esters is 1. The third-order valence-corrected chi connectivity index (χ3v) is 1.87. The molecule has 70 valence electrons. The van der Waals surface area contributed by atoms with Crippen molar-refractivity contribution >= 4 is 28.0 Å². The van der Waals surface area contributed by atoms with Crippen LogP contribution in [0.25, 0.3) is 6.08 Å². The Morgan fingerprint density at radius 3 is 3.08 bits per heavy atom. The maximum atomic E-state index is 11.0. The van der Waals surface area contributed by atoms with E-state index in [0.29, 0.717) is 5.69 Å². The highest BCUT2D eigenvalue weighted by Crippen LogP contribution is 2.05. The predicted molar refractivity (Wildman–Crippen MR) is 55.0 cm³/mol. The van der Waals surface area contributed by atoms with E-state index in [1.165, 1.54) is 7.11 Å². The molecule has 1 rings (SSSR count). The highest BCUT2D eigenvalue weighted by Gasteiger charge is 2.05. The van der Waals surface area contributed by atoms with Crippen LogP contribution in [0.2, 0.25) is 0 Å². The second-order valence-corrected chi connectivity index (χ2v) is 3.02. The molecule has 1 aromatic heterocycles. The summed E-state index contributed by atoms with van der Waals surface area (Å²) in [5.41, 5.74) is 1.36. The standard InChI is InChI=1S/C9H10BrNO2/c1-13-9(12)8-5-4-7(11-8)3-2-6-10/h2-5,11H,6H2,1H3. The first-order chi connectivity index (χ1) is 6.27. The Labute approximate surface area is 84.9 Å². The number of allylic oxidation sites excluding steroid dienone is 1. The van der Waals surface area contributed by atoms with Gasteiger partial charge in [0.1, 0.15) is 5.69 Å². The molecule has 0 radical (unpaired) electrons. The van der Waals surface area contributed by atoms with Crippen molar-refractivity contribution < 1.29 is 9.53 Å². The lowest BCUT2D eigenvalue weighted by molar-refractivity contribution is 0.0595. The van der Waals surface area contributed by atoms with Gasteiger partial charge in [0.15, 0.2) is 0 Å². The third-order valence-electron chi connectivity index (χ3n) is 1.50. The fraction of sp³-hybridized carbons (Fsp3) is 0.222. The van der Waals surface area contributed by atoms with Crippen LogP contribution in [0.15, 0.2) is 18.2 Å². The Balaban J connectivity index is 2.74. The summed E-state index contributed by atoms with van der Waals surface area (Å²) in [5.74, 6) is -0.349. The van der Waals surface area contributed by atoms with Crippen molar-refractivity contribution in [2.75, 3.05) is 12.4 Å². The molecular weight excluding hydrogens is 234 g/mol. The lowest BCUT2D eigenvalue weighted by Gasteiger charge is -1.92. The lowest BCUT2D eigenvalue weighted by Crippen LogP contribution is -2.00. The fourth-order valence-electron chi connectivity index (χ4n) is 0.910. The van der Waals surface area contributed by atoms with E-state index >= 15 is 0 Å². The average Bonchev–Trinajstić information content (AvgIpc) is 2.62. The molecule has 3 nitrogen and oxygen atoms in total. The van der Waals surface area contributed by atoms with Crippen LogP contribution in [0.1, 0.15) is 16.2 Å². The highest BCUT2D eigenvalue weighted by molar-refractivity contribution is 9.09. The molecule has 0 bridgehead atoms. The van der Waals surface area contributed by atoms with Crippen molar-refractivity contribution in [2.24, 2.45) is 0 Å². The summed E-state index contributed by atoms with van der Waals surface area (Å²) in [7, 11) is 1.36. The summed E-state index contributed by atoms with van der Waals surface area (Å²) in [6.45, 7) is 0. The third kappa shape index (κ3) is 2.73. The SMILES string of the molecule is COC(=O)c1ccc(C=CCBr)[nH]1. The van der Waals surface area contributed by atoms with E-state index in [0.717, 1.165) is 11.0 Å². The maximum absolute atomic E-state index is 11.0. The van der Waals surface area contributed by atoms with Gasteiger partial charge in [0.2, 0.25) is 0 Å². The van der Waals surface area contributed by atoms with Crippen LogP contribution in [0.3, 0.4) is 0 Å². The van der Waals surface area contributed by atoms with E-state index in [1.54, 1.807) is 6.07 Å². The number of carbonyl (C=O) groups is 1. The van der Waals surface area contributed by atoms with Gasteiger partial charge in [-0.3, -0.25) is 0 Å². The molecule has 4 heteroatoms. The average molecular weight is 244 g/mol. The Hall–Kier alpha value is -1.03. The summed E-state index contributed by atoms with van der Waals surface area (Å²) in [4.78, 5) is 13.9. The largest absolute Gasteiger partial charge is 0.464 e. The first kappa shape index (κ1) is 10.1. The van der Waals surface area contributed by atoms with Crippen molar-refractivity contribution in [1.29, 1.82) is 0 Å². The van der Waals surface area contributed by atoms with Gasteiger partial charge in [-0.25, -0.2) is 4.79 Å². The molecule has 1 N–H and O–H groups in total. The number of hydrogen-bond acceptors (Lipinski definition) is 2. The molecule has 1 aromatic rings. The monoisotopic (exact) mass is 243 g/mol. The molecule has 0 saturated heterocycles. The second-order valence-electron chi connectivity index (χ2n) is 2.38. The molecule has 1 heterocycles. The molecule has 0 unspecified atom stereocenters. The Morgan fingerprint density at radius 1 is 1.69 bits per heavy atom. The van der Waals surface area contributed by atoms with Crippen LogP contribution in [-0.2, 0) is 4.74 Å². The summed E-state index contributed by atoms with van der Waals surface area (Å²) in [5, 5.41) is 0.791. The molecule has 13 heavy (non-hydrogen) atoms. The van der Waals surface area contributed by atoms with Gasteiger partial charge < -0.3 is 9.72 Å². The predicted octanol–water partition coefficient (Wildman–Crippen LogP) is 2.21. The number of rotatable bonds is 3. The first-order valence-electron chi connectivity index (χ1n) is 3.77. The van der Waals surface area contributed by atoms with Crippen molar-refractivity contribution in [1.82, 2.24) is 4.98 Å². The summed E-state index contributed by atoms with van der Waals surface area (Å²) < 4.78 is 4.55. The second kappa shape index (κ2) is 4.87. The Morgan fingerprint density at radius 2 is 2.46 bits per heavy atom. The lowest BCUT2D eigenvalue weighted by atomic mass is 10.4. The molecule has 0 aliphatic heterocycles. The van der Waals surface area contributed by atoms with E-state index in [9.17, 15) is 4.79 Å². The number of H-pyrrole nitrogens is 1. The number of halogens is 1. The van der Waals surface area contributed by atoms with Gasteiger partial charge >= 0.3 is 5.97 Å². The number of ether oxygens (including phenoxy) is 1. The number of hydrogen-bond donors (Lipinski definition) is 1. The highest BCUT2D eigenvalue weighted by atomic mass is 79.9. The zero-order valence-electron chi connectivity index (χ0n) is 7.21. The van der Waals surface area contributed by atoms with Gasteiger partial charge in [0.25, 0.3) is 0 Å². The van der Waals surface area contributed by atoms with Crippen molar-refractivity contribution in [2.45, 2.75) is 0 Å². The van der Waals surface area contributed by atoms with Crippen LogP contribution < -0.4 is 0 Å². The van der Waals surface area contributed by atoms with Crippen LogP contribution in [-0.4, -0.2) is 23.4 Å². The van der Waals surface area contributed by atoms with E-state index < -0.39 is 0 Å². The van der Waals surface area contributed by atoms with Gasteiger partial charge in [-0.2, -0.15) is 0 Å². The van der Waals surface area contributed by atoms with E-state index in [1.807, 2.05) is 18.2 Å². The van der Waals surface area contributed by atoms with E-state index in [-0.39, 0.29) is 5.97 Å². The molecule has 0 aromatic carbocycles. The number of aromatic amines is 1. The van der Waals surface area contributed by atoms with Gasteiger partial charge in [-0.15, -0.1) is 0 Å². The molecule has 0 saturated carbocycles. The molecule has 0 spiro atoms. The van der Waals surface area contributed by atoms with Crippen LogP contribution >= 0.6 is 15.9 Å². The minimum atomic E-state index is -0.349. The normalized spacial score (nSPS) is 10.6. The number of nitrogens with one attached hydrogen (secondary N) is 1. The van der Waals surface area contributed by atoms with Crippen LogP contribution in [0.5, 0.6) is 0 Å². The maximum Gasteiger partial charge on any atom is 0.354 e. The van der Waals surface area contributed by atoms with Crippen molar-refractivity contribution in [3.8, 4) is 0 Å². The first-order valence-corrected chi connectivity index (χ1v) is 4.90. The zero-order valence-corrected chi connectivity index (χ0v) is 8.80. The molecule has 0 aliphatic rings. The topological polar surface area (TPSA) is 42.1 Å². The number of carbonyl (C=O) groups excluding carboxylic acids is 1. The summed E-state index contributed by atoms with van der Waals surface area (Å²) >= 11 is 3.26. The number of methoxy groups -OCH3 is 1. The Kier molecular flexibility index (Phi) is 3.76. The van der Waals surface area contributed by atoms with Gasteiger partial charge in [0.05, 0.1) is 7.11 Å². The fourth-order valence-corrected chi connectivity index (χ4v) is 1.10. The van der Waals surface area contributed by atoms with Gasteiger partial charge in [0, 0.05) is 11.0 Å². The van der Waals surface area contributed by atoms with Gasteiger partial charge in [-0.1, -0.05) is 22.0 Å². The summed E-state index contributed by atoms with van der Waals surface area (Å²) in [6.07, 6.45) is 3.83. The minimum Gasteiger partial charge on any atom is -0.464 e. The zero-order chi connectivity index (χ0) is 9.68. The van der Waals surface area contributed by atoms with E-state index in [4.69, 9.17) is 0 Å². The minimum absolute atomic E-state index is 0.349. The number of alkyl halides is 1. The van der Waals surface area contributed by atoms with Crippen molar-refractivity contribution in [3.63, 3.8) is 0 Å². The van der Waals surface area contributed by atoms with Crippen LogP contribution in [0, 0.1) is 0 Å². The smallest absolute Gasteiger partial charge is 0.354 e. The van der Waals surface area contributed by atoms with E-state index in [2.05, 4.69) is 25.7 Å². The molecular formula is C9H10BrNO2. The number of aromatic nitrogens is 1. The molecule has 0 atom stereocenters. The molecule has 0 amide bonds.